The van der Waals surface area contributed by atoms with E-state index in [4.69, 9.17) is 0 Å². The third kappa shape index (κ3) is 1.70. The molecule has 7 heteroatoms. The Morgan fingerprint density at radius 2 is 2.14 bits per heavy atom. The Morgan fingerprint density at radius 3 is 2.86 bits per heavy atom. The number of nitrogens with zero attached hydrogens (tertiary/aromatic N) is 3. The molecule has 0 radical (unpaired) electrons. The number of phenols is 1. The number of benzene rings is 1. The minimum atomic E-state index is -0.579. The summed E-state index contributed by atoms with van der Waals surface area (Å²) in [6.07, 6.45) is 2.26. The molecule has 0 saturated carbocycles. The summed E-state index contributed by atoms with van der Waals surface area (Å²) in [4.78, 5) is 12.7. The predicted molar refractivity (Wildman–Crippen MR) is 76.5 cm³/mol. The van der Waals surface area contributed by atoms with Crippen LogP contribution in [0.4, 0.5) is 11.4 Å². The van der Waals surface area contributed by atoms with Gasteiger partial charge in [0.05, 0.1) is 16.3 Å². The lowest BCUT2D eigenvalue weighted by molar-refractivity contribution is -0.385. The maximum absolute atomic E-state index is 11.0. The maximum atomic E-state index is 11.0. The van der Waals surface area contributed by atoms with Crippen LogP contribution >= 0.6 is 0 Å². The number of rotatable bonds is 2. The molecule has 3 aliphatic rings. The SMILES string of the molecule is O=[N+]([O-])c1cc(-c2n[nH]c3c2N2CCC3CC2)ccc1O. The highest BCUT2D eigenvalue weighted by molar-refractivity contribution is 5.80. The molecule has 1 aromatic heterocycles. The molecule has 2 N–H and O–H groups in total. The largest absolute Gasteiger partial charge is 0.502 e. The Bertz CT molecular complexity index is 732. The normalized spacial score (nSPS) is 17.0. The van der Waals surface area contributed by atoms with Crippen LogP contribution in [-0.4, -0.2) is 33.3 Å². The quantitative estimate of drug-likeness (QED) is 0.652. The topological polar surface area (TPSA) is 95.3 Å². The van der Waals surface area contributed by atoms with Gasteiger partial charge in [0.1, 0.15) is 5.69 Å². The van der Waals surface area contributed by atoms with Crippen LogP contribution < -0.4 is 4.90 Å². The molecule has 2 aromatic rings. The lowest BCUT2D eigenvalue weighted by atomic mass is 9.86. The average Bonchev–Trinajstić information content (AvgIpc) is 2.96. The Morgan fingerprint density at radius 1 is 1.38 bits per heavy atom. The highest BCUT2D eigenvalue weighted by atomic mass is 16.6. The van der Waals surface area contributed by atoms with Gasteiger partial charge in [0, 0.05) is 30.6 Å². The molecule has 7 nitrogen and oxygen atoms in total. The fraction of sp³-hybridized carbons (Fsp3) is 0.357. The van der Waals surface area contributed by atoms with Gasteiger partial charge in [-0.05, 0) is 25.0 Å². The van der Waals surface area contributed by atoms with Crippen molar-refractivity contribution in [1.29, 1.82) is 0 Å². The summed E-state index contributed by atoms with van der Waals surface area (Å²) >= 11 is 0. The van der Waals surface area contributed by atoms with Crippen molar-refractivity contribution in [1.82, 2.24) is 10.2 Å². The maximum Gasteiger partial charge on any atom is 0.311 e. The van der Waals surface area contributed by atoms with Gasteiger partial charge in [0.15, 0.2) is 5.75 Å². The van der Waals surface area contributed by atoms with E-state index in [-0.39, 0.29) is 11.4 Å². The van der Waals surface area contributed by atoms with Crippen LogP contribution in [0.15, 0.2) is 18.2 Å². The Kier molecular flexibility index (Phi) is 2.44. The molecular weight excluding hydrogens is 272 g/mol. The first-order chi connectivity index (χ1) is 10.1. The summed E-state index contributed by atoms with van der Waals surface area (Å²) in [6, 6.07) is 4.41. The van der Waals surface area contributed by atoms with Crippen molar-refractivity contribution in [2.24, 2.45) is 0 Å². The van der Waals surface area contributed by atoms with Crippen molar-refractivity contribution in [2.75, 3.05) is 18.0 Å². The number of fused-ring (bicyclic) bond motifs is 2. The summed E-state index contributed by atoms with van der Waals surface area (Å²) in [7, 11) is 0. The lowest BCUT2D eigenvalue weighted by Gasteiger charge is -2.40. The molecule has 0 amide bonds. The van der Waals surface area contributed by atoms with Crippen molar-refractivity contribution >= 4 is 11.4 Å². The fourth-order valence-corrected chi connectivity index (χ4v) is 3.36. The molecule has 0 spiro atoms. The number of hydrogen-bond donors (Lipinski definition) is 2. The van der Waals surface area contributed by atoms with Crippen LogP contribution in [0.25, 0.3) is 11.3 Å². The van der Waals surface area contributed by atoms with Gasteiger partial charge in [-0.2, -0.15) is 5.10 Å². The number of phenolic OH excluding ortho intramolecular Hbond substituents is 1. The molecule has 3 aliphatic heterocycles. The van der Waals surface area contributed by atoms with Gasteiger partial charge in [-0.25, -0.2) is 0 Å². The summed E-state index contributed by atoms with van der Waals surface area (Å²) in [6.45, 7) is 2.01. The third-order valence-electron chi connectivity index (χ3n) is 4.43. The van der Waals surface area contributed by atoms with E-state index in [9.17, 15) is 15.2 Å². The summed E-state index contributed by atoms with van der Waals surface area (Å²) in [5.74, 6) is 0.188. The van der Waals surface area contributed by atoms with E-state index in [1.165, 1.54) is 12.1 Å². The molecule has 108 valence electrons. The van der Waals surface area contributed by atoms with Crippen LogP contribution in [0, 0.1) is 10.1 Å². The van der Waals surface area contributed by atoms with Gasteiger partial charge in [-0.3, -0.25) is 15.2 Å². The first kappa shape index (κ1) is 12.2. The van der Waals surface area contributed by atoms with Crippen molar-refractivity contribution in [3.05, 3.63) is 34.0 Å². The Balaban J connectivity index is 1.86. The molecule has 1 aromatic carbocycles. The van der Waals surface area contributed by atoms with Crippen LogP contribution in [0.3, 0.4) is 0 Å². The number of aromatic amines is 1. The highest BCUT2D eigenvalue weighted by Gasteiger charge is 2.35. The number of piperidine rings is 1. The zero-order valence-corrected chi connectivity index (χ0v) is 11.2. The summed E-state index contributed by atoms with van der Waals surface area (Å²) in [5.41, 5.74) is 3.30. The summed E-state index contributed by atoms with van der Waals surface area (Å²) in [5, 5.41) is 28.0. The minimum absolute atomic E-state index is 0.291. The lowest BCUT2D eigenvalue weighted by Crippen LogP contribution is -2.38. The molecule has 5 rings (SSSR count). The van der Waals surface area contributed by atoms with Crippen molar-refractivity contribution in [2.45, 2.75) is 18.8 Å². The first-order valence-electron chi connectivity index (χ1n) is 6.96. The van der Waals surface area contributed by atoms with Gasteiger partial charge < -0.3 is 10.0 Å². The van der Waals surface area contributed by atoms with E-state index >= 15 is 0 Å². The standard InChI is InChI=1S/C14H14N4O3/c19-11-2-1-9(7-10(11)18(20)21)13-14-12(15-16-13)8-3-5-17(14)6-4-8/h1-2,7-8,19H,3-6H2,(H,15,16). The van der Waals surface area contributed by atoms with Gasteiger partial charge in [-0.15, -0.1) is 0 Å². The number of aromatic nitrogens is 2. The number of aromatic hydroxyl groups is 1. The second-order valence-corrected chi connectivity index (χ2v) is 5.56. The highest BCUT2D eigenvalue weighted by Crippen LogP contribution is 2.46. The number of nitrogens with one attached hydrogen (secondary N) is 1. The number of H-pyrrole nitrogens is 1. The molecule has 0 atom stereocenters. The molecule has 1 fully saturated rings. The van der Waals surface area contributed by atoms with Gasteiger partial charge in [-0.1, -0.05) is 0 Å². The first-order valence-corrected chi connectivity index (χ1v) is 6.96. The zero-order chi connectivity index (χ0) is 14.6. The minimum Gasteiger partial charge on any atom is -0.502 e. The van der Waals surface area contributed by atoms with E-state index in [1.807, 2.05) is 0 Å². The van der Waals surface area contributed by atoms with E-state index in [1.54, 1.807) is 6.07 Å². The van der Waals surface area contributed by atoms with Crippen LogP contribution in [0.5, 0.6) is 5.75 Å². The molecular formula is C14H14N4O3. The third-order valence-corrected chi connectivity index (χ3v) is 4.43. The van der Waals surface area contributed by atoms with E-state index in [2.05, 4.69) is 15.1 Å². The fourth-order valence-electron chi connectivity index (χ4n) is 3.36. The second-order valence-electron chi connectivity index (χ2n) is 5.56. The number of hydrogen-bond acceptors (Lipinski definition) is 5. The van der Waals surface area contributed by atoms with Gasteiger partial charge in [0.25, 0.3) is 0 Å². The predicted octanol–water partition coefficient (Wildman–Crippen LogP) is 2.39. The van der Waals surface area contributed by atoms with E-state index in [0.717, 1.165) is 43.0 Å². The Labute approximate surface area is 120 Å². The summed E-state index contributed by atoms with van der Waals surface area (Å²) < 4.78 is 0. The van der Waals surface area contributed by atoms with E-state index in [0.29, 0.717) is 11.5 Å². The number of nitro groups is 1. The number of anilines is 1. The molecule has 4 heterocycles. The van der Waals surface area contributed by atoms with Crippen LogP contribution in [0.2, 0.25) is 0 Å². The average molecular weight is 286 g/mol. The van der Waals surface area contributed by atoms with Crippen LogP contribution in [-0.2, 0) is 0 Å². The van der Waals surface area contributed by atoms with Crippen molar-refractivity contribution in [3.63, 3.8) is 0 Å². The Hall–Kier alpha value is -2.57. The van der Waals surface area contributed by atoms with Gasteiger partial charge >= 0.3 is 5.69 Å². The molecule has 0 aliphatic carbocycles. The molecule has 0 unspecified atom stereocenters. The molecule has 1 saturated heterocycles. The zero-order valence-electron chi connectivity index (χ0n) is 11.2. The van der Waals surface area contributed by atoms with E-state index < -0.39 is 4.92 Å². The molecule has 21 heavy (non-hydrogen) atoms. The van der Waals surface area contributed by atoms with Crippen molar-refractivity contribution in [3.8, 4) is 17.0 Å². The number of nitro benzene ring substituents is 1. The smallest absolute Gasteiger partial charge is 0.311 e. The molecule has 2 bridgehead atoms. The second kappa shape index (κ2) is 4.21. The van der Waals surface area contributed by atoms with Crippen LogP contribution in [0.1, 0.15) is 24.5 Å². The van der Waals surface area contributed by atoms with Gasteiger partial charge in [0.2, 0.25) is 0 Å². The monoisotopic (exact) mass is 286 g/mol. The van der Waals surface area contributed by atoms with Crippen molar-refractivity contribution < 1.29 is 10.0 Å².